The van der Waals surface area contributed by atoms with Crippen LogP contribution in [0.25, 0.3) is 11.6 Å². The van der Waals surface area contributed by atoms with Crippen LogP contribution >= 0.6 is 11.6 Å². The zero-order valence-corrected chi connectivity index (χ0v) is 16.1. The van der Waals surface area contributed by atoms with Crippen molar-refractivity contribution in [1.82, 2.24) is 35.2 Å². The minimum absolute atomic E-state index is 0.387. The van der Waals surface area contributed by atoms with Gasteiger partial charge in [0, 0.05) is 16.2 Å². The van der Waals surface area contributed by atoms with E-state index in [-0.39, 0.29) is 0 Å². The normalized spacial score (nSPS) is 12.9. The molecule has 9 heteroatoms. The zero-order valence-electron chi connectivity index (χ0n) is 15.3. The lowest BCUT2D eigenvalue weighted by Gasteiger charge is -2.15. The van der Waals surface area contributed by atoms with E-state index < -0.39 is 0 Å². The van der Waals surface area contributed by atoms with E-state index in [4.69, 9.17) is 16.3 Å². The molecule has 5 rings (SSSR count). The van der Waals surface area contributed by atoms with Crippen LogP contribution in [0.3, 0.4) is 0 Å². The second-order valence-corrected chi connectivity index (χ2v) is 7.11. The number of halogens is 1. The number of nitrogens with zero attached hydrogens (tertiary/aromatic N) is 7. The molecule has 29 heavy (non-hydrogen) atoms. The second kappa shape index (κ2) is 7.48. The Kier molecular flexibility index (Phi) is 4.53. The van der Waals surface area contributed by atoms with Gasteiger partial charge in [0.25, 0.3) is 0 Å². The molecular formula is C20H16ClN7O. The standard InChI is InChI=1S/C20H16ClN7O/c21-17-7-5-14(6-8-17)10-27-11-18(22-25-27)12-28-24-20(23-26-28)16-9-15-3-1-2-4-19(15)29-13-16/h1-9,11H,10,12-13H2. The van der Waals surface area contributed by atoms with E-state index in [9.17, 15) is 0 Å². The van der Waals surface area contributed by atoms with Crippen molar-refractivity contribution in [2.75, 3.05) is 6.61 Å². The maximum atomic E-state index is 5.92. The van der Waals surface area contributed by atoms with E-state index in [0.29, 0.717) is 30.5 Å². The molecule has 0 fully saturated rings. The molecule has 3 heterocycles. The molecule has 8 nitrogen and oxygen atoms in total. The van der Waals surface area contributed by atoms with Crippen LogP contribution in [-0.4, -0.2) is 41.8 Å². The first kappa shape index (κ1) is 17.6. The van der Waals surface area contributed by atoms with E-state index in [1.807, 2.05) is 60.8 Å². The number of aromatic nitrogens is 7. The minimum Gasteiger partial charge on any atom is -0.488 e. The van der Waals surface area contributed by atoms with Crippen molar-refractivity contribution in [1.29, 1.82) is 0 Å². The zero-order chi connectivity index (χ0) is 19.6. The predicted molar refractivity (Wildman–Crippen MR) is 107 cm³/mol. The van der Waals surface area contributed by atoms with Crippen LogP contribution in [0.4, 0.5) is 0 Å². The Labute approximate surface area is 171 Å². The van der Waals surface area contributed by atoms with Crippen LogP contribution in [0.15, 0.2) is 54.7 Å². The van der Waals surface area contributed by atoms with E-state index in [2.05, 4.69) is 25.7 Å². The lowest BCUT2D eigenvalue weighted by Crippen LogP contribution is -2.08. The monoisotopic (exact) mass is 405 g/mol. The third-order valence-electron chi connectivity index (χ3n) is 4.52. The largest absolute Gasteiger partial charge is 0.488 e. The Hall–Kier alpha value is -3.52. The number of hydrogen-bond donors (Lipinski definition) is 0. The molecule has 0 saturated carbocycles. The molecule has 0 saturated heterocycles. The van der Waals surface area contributed by atoms with Crippen molar-refractivity contribution in [3.05, 3.63) is 82.4 Å². The summed E-state index contributed by atoms with van der Waals surface area (Å²) in [6.07, 6.45) is 3.90. The number of para-hydroxylation sites is 1. The van der Waals surface area contributed by atoms with Gasteiger partial charge in [0.1, 0.15) is 24.6 Å². The third kappa shape index (κ3) is 3.88. The first-order valence-electron chi connectivity index (χ1n) is 9.07. The summed E-state index contributed by atoms with van der Waals surface area (Å²) >= 11 is 5.92. The van der Waals surface area contributed by atoms with Crippen molar-refractivity contribution in [3.8, 4) is 5.75 Å². The van der Waals surface area contributed by atoms with Crippen LogP contribution in [0.1, 0.15) is 22.6 Å². The molecular weight excluding hydrogens is 390 g/mol. The summed E-state index contributed by atoms with van der Waals surface area (Å²) in [5, 5.41) is 21.8. The Balaban J connectivity index is 1.28. The lowest BCUT2D eigenvalue weighted by molar-refractivity contribution is 0.365. The molecule has 0 atom stereocenters. The predicted octanol–water partition coefficient (Wildman–Crippen LogP) is 2.95. The second-order valence-electron chi connectivity index (χ2n) is 6.67. The van der Waals surface area contributed by atoms with E-state index in [0.717, 1.165) is 28.1 Å². The first-order chi connectivity index (χ1) is 14.2. The van der Waals surface area contributed by atoms with Crippen LogP contribution in [0.2, 0.25) is 5.02 Å². The Morgan fingerprint density at radius 1 is 0.966 bits per heavy atom. The van der Waals surface area contributed by atoms with Crippen molar-refractivity contribution in [3.63, 3.8) is 0 Å². The molecule has 0 bridgehead atoms. The summed E-state index contributed by atoms with van der Waals surface area (Å²) < 4.78 is 7.53. The fraction of sp³-hybridized carbons (Fsp3) is 0.150. The Morgan fingerprint density at radius 2 is 1.83 bits per heavy atom. The molecule has 0 N–H and O–H groups in total. The molecule has 4 aromatic rings. The summed E-state index contributed by atoms with van der Waals surface area (Å²) in [5.74, 6) is 1.41. The molecule has 0 aliphatic carbocycles. The highest BCUT2D eigenvalue weighted by Gasteiger charge is 2.16. The molecule has 144 valence electrons. The summed E-state index contributed by atoms with van der Waals surface area (Å²) in [6, 6.07) is 15.5. The van der Waals surface area contributed by atoms with Gasteiger partial charge in [-0.15, -0.1) is 15.3 Å². The van der Waals surface area contributed by atoms with Crippen molar-refractivity contribution < 1.29 is 4.74 Å². The van der Waals surface area contributed by atoms with Gasteiger partial charge in [-0.1, -0.05) is 47.1 Å². The quantitative estimate of drug-likeness (QED) is 0.507. The Bertz CT molecular complexity index is 1180. The smallest absolute Gasteiger partial charge is 0.204 e. The van der Waals surface area contributed by atoms with Gasteiger partial charge in [-0.2, -0.15) is 4.80 Å². The number of ether oxygens (including phenoxy) is 1. The van der Waals surface area contributed by atoms with E-state index in [1.165, 1.54) is 4.80 Å². The molecule has 1 aliphatic rings. The molecule has 2 aromatic heterocycles. The van der Waals surface area contributed by atoms with Crippen LogP contribution < -0.4 is 4.74 Å². The van der Waals surface area contributed by atoms with Gasteiger partial charge in [0.2, 0.25) is 5.82 Å². The minimum atomic E-state index is 0.387. The SMILES string of the molecule is Clc1ccc(Cn2cc(Cn3nnc(C4=Cc5ccccc5OC4)n3)nn2)cc1. The van der Waals surface area contributed by atoms with Gasteiger partial charge in [0.05, 0.1) is 12.7 Å². The topological polar surface area (TPSA) is 83.5 Å². The van der Waals surface area contributed by atoms with Crippen LogP contribution in [0, 0.1) is 0 Å². The lowest BCUT2D eigenvalue weighted by atomic mass is 10.1. The molecule has 0 amide bonds. The third-order valence-corrected chi connectivity index (χ3v) is 4.77. The first-order valence-corrected chi connectivity index (χ1v) is 9.45. The van der Waals surface area contributed by atoms with Gasteiger partial charge < -0.3 is 4.74 Å². The summed E-state index contributed by atoms with van der Waals surface area (Å²) in [5.41, 5.74) is 3.75. The highest BCUT2D eigenvalue weighted by Crippen LogP contribution is 2.28. The molecule has 0 radical (unpaired) electrons. The summed E-state index contributed by atoms with van der Waals surface area (Å²) in [7, 11) is 0. The van der Waals surface area contributed by atoms with Gasteiger partial charge >= 0.3 is 0 Å². The number of rotatable bonds is 5. The van der Waals surface area contributed by atoms with Crippen molar-refractivity contribution in [2.45, 2.75) is 13.1 Å². The summed E-state index contributed by atoms with van der Waals surface area (Å²) in [4.78, 5) is 1.51. The highest BCUT2D eigenvalue weighted by molar-refractivity contribution is 6.30. The highest BCUT2D eigenvalue weighted by atomic mass is 35.5. The van der Waals surface area contributed by atoms with Gasteiger partial charge in [-0.3, -0.25) is 0 Å². The van der Waals surface area contributed by atoms with Crippen LogP contribution in [-0.2, 0) is 13.1 Å². The molecule has 0 unspecified atom stereocenters. The summed E-state index contributed by atoms with van der Waals surface area (Å²) in [6.45, 7) is 1.42. The number of benzene rings is 2. The van der Waals surface area contributed by atoms with Gasteiger partial charge in [0.15, 0.2) is 0 Å². The molecule has 1 aliphatic heterocycles. The average Bonchev–Trinajstić information content (AvgIpc) is 3.39. The van der Waals surface area contributed by atoms with Gasteiger partial charge in [-0.05, 0) is 35.1 Å². The number of hydrogen-bond acceptors (Lipinski definition) is 6. The van der Waals surface area contributed by atoms with Crippen LogP contribution in [0.5, 0.6) is 5.75 Å². The maximum absolute atomic E-state index is 5.92. The fourth-order valence-electron chi connectivity index (χ4n) is 3.09. The fourth-order valence-corrected chi connectivity index (χ4v) is 3.22. The average molecular weight is 406 g/mol. The number of fused-ring (bicyclic) bond motifs is 1. The molecule has 0 spiro atoms. The van der Waals surface area contributed by atoms with Gasteiger partial charge in [-0.25, -0.2) is 4.68 Å². The molecule has 2 aromatic carbocycles. The Morgan fingerprint density at radius 3 is 2.72 bits per heavy atom. The maximum Gasteiger partial charge on any atom is 0.204 e. The van der Waals surface area contributed by atoms with Crippen molar-refractivity contribution >= 4 is 23.3 Å². The van der Waals surface area contributed by atoms with E-state index in [1.54, 1.807) is 4.68 Å². The van der Waals surface area contributed by atoms with E-state index >= 15 is 0 Å². The number of tetrazole rings is 1. The van der Waals surface area contributed by atoms with Crippen molar-refractivity contribution in [2.24, 2.45) is 0 Å².